The van der Waals surface area contributed by atoms with Gasteiger partial charge in [0.05, 0.1) is 19.8 Å². The Hall–Kier alpha value is -2.31. The van der Waals surface area contributed by atoms with Gasteiger partial charge in [-0.3, -0.25) is 0 Å². The molecule has 96 valence electrons. The molecule has 1 aromatic heterocycles. The Balaban J connectivity index is 2.74. The summed E-state index contributed by atoms with van der Waals surface area (Å²) >= 11 is 0. The molecule has 2 rings (SSSR count). The van der Waals surface area contributed by atoms with E-state index in [0.717, 1.165) is 6.07 Å². The highest BCUT2D eigenvalue weighted by atomic mass is 19.2. The van der Waals surface area contributed by atoms with Crippen molar-refractivity contribution < 1.29 is 22.8 Å². The standard InChI is InChI=1S/C11H10F2N2O3/c1-16-7-3-5(12)10(13)9(11(7)17-2)6-4-8(14)18-15-6/h3-4H,14H2,1-2H3. The van der Waals surface area contributed by atoms with E-state index < -0.39 is 11.6 Å². The van der Waals surface area contributed by atoms with Crippen molar-refractivity contribution in [3.63, 3.8) is 0 Å². The average molecular weight is 256 g/mol. The molecule has 0 atom stereocenters. The number of aromatic nitrogens is 1. The number of nitrogens with zero attached hydrogens (tertiary/aromatic N) is 1. The third kappa shape index (κ3) is 1.83. The Morgan fingerprint density at radius 3 is 2.44 bits per heavy atom. The number of halogens is 2. The van der Waals surface area contributed by atoms with Crippen molar-refractivity contribution in [3.05, 3.63) is 23.8 Å². The topological polar surface area (TPSA) is 70.5 Å². The normalized spacial score (nSPS) is 10.4. The number of benzene rings is 1. The third-order valence-corrected chi connectivity index (χ3v) is 2.35. The maximum absolute atomic E-state index is 13.8. The number of nitrogens with two attached hydrogens (primary N) is 1. The van der Waals surface area contributed by atoms with Crippen LogP contribution in [0.1, 0.15) is 0 Å². The molecule has 0 aliphatic heterocycles. The van der Waals surface area contributed by atoms with E-state index in [2.05, 4.69) is 9.68 Å². The molecule has 0 bridgehead atoms. The lowest BCUT2D eigenvalue weighted by atomic mass is 10.1. The molecule has 2 N–H and O–H groups in total. The third-order valence-electron chi connectivity index (χ3n) is 2.35. The van der Waals surface area contributed by atoms with Gasteiger partial charge in [0.25, 0.3) is 0 Å². The summed E-state index contributed by atoms with van der Waals surface area (Å²) in [6.07, 6.45) is 0. The number of hydrogen-bond acceptors (Lipinski definition) is 5. The quantitative estimate of drug-likeness (QED) is 0.911. The Bertz CT molecular complexity index is 584. The SMILES string of the molecule is COc1cc(F)c(F)c(-c2cc(N)on2)c1OC. The van der Waals surface area contributed by atoms with Crippen LogP contribution in [-0.4, -0.2) is 19.4 Å². The predicted molar refractivity (Wildman–Crippen MR) is 59.4 cm³/mol. The highest BCUT2D eigenvalue weighted by molar-refractivity contribution is 5.73. The molecule has 0 saturated heterocycles. The number of rotatable bonds is 3. The maximum atomic E-state index is 13.8. The minimum atomic E-state index is -1.11. The number of nitrogen functional groups attached to an aromatic ring is 1. The first-order valence-corrected chi connectivity index (χ1v) is 4.91. The van der Waals surface area contributed by atoms with Gasteiger partial charge in [-0.1, -0.05) is 5.16 Å². The molecule has 0 unspecified atom stereocenters. The summed E-state index contributed by atoms with van der Waals surface area (Å²) in [5.41, 5.74) is 5.18. The summed E-state index contributed by atoms with van der Waals surface area (Å²) in [6.45, 7) is 0. The number of hydrogen-bond donors (Lipinski definition) is 1. The monoisotopic (exact) mass is 256 g/mol. The second-order valence-corrected chi connectivity index (χ2v) is 3.40. The highest BCUT2D eigenvalue weighted by Crippen LogP contribution is 2.41. The van der Waals surface area contributed by atoms with E-state index in [-0.39, 0.29) is 28.6 Å². The zero-order valence-electron chi connectivity index (χ0n) is 9.66. The van der Waals surface area contributed by atoms with Crippen LogP contribution in [-0.2, 0) is 0 Å². The highest BCUT2D eigenvalue weighted by Gasteiger charge is 2.23. The fraction of sp³-hybridized carbons (Fsp3) is 0.182. The number of ether oxygens (including phenoxy) is 2. The van der Waals surface area contributed by atoms with Crippen LogP contribution in [0.15, 0.2) is 16.7 Å². The van der Waals surface area contributed by atoms with Crippen molar-refractivity contribution in [2.75, 3.05) is 20.0 Å². The summed E-state index contributed by atoms with van der Waals surface area (Å²) in [6, 6.07) is 2.15. The molecular weight excluding hydrogens is 246 g/mol. The molecule has 2 aromatic rings. The second kappa shape index (κ2) is 4.52. The fourth-order valence-electron chi connectivity index (χ4n) is 1.58. The van der Waals surface area contributed by atoms with E-state index in [4.69, 9.17) is 15.2 Å². The van der Waals surface area contributed by atoms with Crippen LogP contribution in [0.2, 0.25) is 0 Å². The number of anilines is 1. The van der Waals surface area contributed by atoms with E-state index in [0.29, 0.717) is 0 Å². The molecule has 1 heterocycles. The fourth-order valence-corrected chi connectivity index (χ4v) is 1.58. The lowest BCUT2D eigenvalue weighted by molar-refractivity contribution is 0.348. The van der Waals surface area contributed by atoms with Crippen molar-refractivity contribution >= 4 is 5.88 Å². The van der Waals surface area contributed by atoms with Crippen molar-refractivity contribution in [2.24, 2.45) is 0 Å². The van der Waals surface area contributed by atoms with Crippen LogP contribution in [0.5, 0.6) is 11.5 Å². The Labute approximate surface area is 101 Å². The van der Waals surface area contributed by atoms with Gasteiger partial charge in [0.2, 0.25) is 5.88 Å². The first kappa shape index (κ1) is 12.2. The van der Waals surface area contributed by atoms with Gasteiger partial charge in [-0.2, -0.15) is 0 Å². The minimum Gasteiger partial charge on any atom is -0.493 e. The molecule has 0 amide bonds. The molecule has 0 aliphatic rings. The second-order valence-electron chi connectivity index (χ2n) is 3.40. The van der Waals surface area contributed by atoms with Crippen molar-refractivity contribution in [1.29, 1.82) is 0 Å². The largest absolute Gasteiger partial charge is 0.493 e. The molecule has 0 fully saturated rings. The van der Waals surface area contributed by atoms with Gasteiger partial charge in [-0.15, -0.1) is 0 Å². The van der Waals surface area contributed by atoms with Crippen LogP contribution >= 0.6 is 0 Å². The molecular formula is C11H10F2N2O3. The van der Waals surface area contributed by atoms with Crippen molar-refractivity contribution in [2.45, 2.75) is 0 Å². The van der Waals surface area contributed by atoms with Crippen LogP contribution in [0.4, 0.5) is 14.7 Å². The Morgan fingerprint density at radius 1 is 1.22 bits per heavy atom. The maximum Gasteiger partial charge on any atom is 0.222 e. The molecule has 0 aliphatic carbocycles. The summed E-state index contributed by atoms with van der Waals surface area (Å²) in [4.78, 5) is 0. The Kier molecular flexibility index (Phi) is 3.05. The summed E-state index contributed by atoms with van der Waals surface area (Å²) in [5.74, 6) is -2.14. The van der Waals surface area contributed by atoms with Crippen LogP contribution in [0.3, 0.4) is 0 Å². The number of methoxy groups -OCH3 is 2. The van der Waals surface area contributed by atoms with Gasteiger partial charge in [0.15, 0.2) is 23.1 Å². The molecule has 18 heavy (non-hydrogen) atoms. The average Bonchev–Trinajstić information content (AvgIpc) is 2.78. The van der Waals surface area contributed by atoms with Gasteiger partial charge in [0.1, 0.15) is 5.69 Å². The van der Waals surface area contributed by atoms with Gasteiger partial charge in [-0.25, -0.2) is 8.78 Å². The van der Waals surface area contributed by atoms with Crippen LogP contribution < -0.4 is 15.2 Å². The summed E-state index contributed by atoms with van der Waals surface area (Å²) in [5, 5.41) is 3.53. The van der Waals surface area contributed by atoms with Gasteiger partial charge in [-0.05, 0) is 0 Å². The zero-order valence-corrected chi connectivity index (χ0v) is 9.66. The molecule has 0 spiro atoms. The first-order valence-electron chi connectivity index (χ1n) is 4.91. The molecule has 0 radical (unpaired) electrons. The van der Waals surface area contributed by atoms with Gasteiger partial charge >= 0.3 is 0 Å². The van der Waals surface area contributed by atoms with E-state index in [1.54, 1.807) is 0 Å². The lowest BCUT2D eigenvalue weighted by Gasteiger charge is -2.12. The predicted octanol–water partition coefficient (Wildman–Crippen LogP) is 2.22. The zero-order chi connectivity index (χ0) is 13.3. The van der Waals surface area contributed by atoms with Crippen molar-refractivity contribution in [1.82, 2.24) is 5.16 Å². The summed E-state index contributed by atoms with van der Waals surface area (Å²) < 4.78 is 41.8. The minimum absolute atomic E-state index is 0.0182. The summed E-state index contributed by atoms with van der Waals surface area (Å²) in [7, 11) is 2.62. The van der Waals surface area contributed by atoms with E-state index in [1.807, 2.05) is 0 Å². The van der Waals surface area contributed by atoms with Crippen LogP contribution in [0.25, 0.3) is 11.3 Å². The lowest BCUT2D eigenvalue weighted by Crippen LogP contribution is -1.99. The van der Waals surface area contributed by atoms with Crippen LogP contribution in [0, 0.1) is 11.6 Å². The van der Waals surface area contributed by atoms with Crippen molar-refractivity contribution in [3.8, 4) is 22.8 Å². The molecule has 1 aromatic carbocycles. The first-order chi connectivity index (χ1) is 8.58. The Morgan fingerprint density at radius 2 is 1.94 bits per heavy atom. The van der Waals surface area contributed by atoms with Gasteiger partial charge in [0, 0.05) is 12.1 Å². The molecule has 0 saturated carbocycles. The molecule has 5 nitrogen and oxygen atoms in total. The van der Waals surface area contributed by atoms with E-state index in [9.17, 15) is 8.78 Å². The van der Waals surface area contributed by atoms with E-state index >= 15 is 0 Å². The van der Waals surface area contributed by atoms with Gasteiger partial charge < -0.3 is 19.7 Å². The molecule has 7 heteroatoms. The smallest absolute Gasteiger partial charge is 0.222 e. The van der Waals surface area contributed by atoms with E-state index in [1.165, 1.54) is 20.3 Å².